The van der Waals surface area contributed by atoms with Crippen molar-refractivity contribution in [2.45, 2.75) is 44.2 Å². The Morgan fingerprint density at radius 1 is 1.28 bits per heavy atom. The minimum Gasteiger partial charge on any atom is -0.340 e. The first-order valence-corrected chi connectivity index (χ1v) is 9.06. The van der Waals surface area contributed by atoms with Crippen molar-refractivity contribution in [2.75, 3.05) is 20.1 Å². The second-order valence-electron chi connectivity index (χ2n) is 7.13. The zero-order valence-corrected chi connectivity index (χ0v) is 14.6. The highest BCUT2D eigenvalue weighted by Gasteiger charge is 2.35. The van der Waals surface area contributed by atoms with Crippen molar-refractivity contribution in [1.29, 1.82) is 0 Å². The summed E-state index contributed by atoms with van der Waals surface area (Å²) in [6, 6.07) is 10.2. The Labute approximate surface area is 147 Å². The van der Waals surface area contributed by atoms with Gasteiger partial charge in [-0.1, -0.05) is 35.5 Å². The van der Waals surface area contributed by atoms with E-state index in [2.05, 4.69) is 15.0 Å². The Kier molecular flexibility index (Phi) is 4.53. The van der Waals surface area contributed by atoms with E-state index in [1.807, 2.05) is 37.4 Å². The Bertz CT molecular complexity index is 726. The first kappa shape index (κ1) is 16.3. The minimum atomic E-state index is 0.102. The Morgan fingerprint density at radius 3 is 2.84 bits per heavy atom. The molecule has 1 saturated carbocycles. The zero-order chi connectivity index (χ0) is 17.2. The molecule has 0 radical (unpaired) electrons. The number of benzene rings is 1. The average molecular weight is 340 g/mol. The maximum absolute atomic E-state index is 12.6. The summed E-state index contributed by atoms with van der Waals surface area (Å²) in [5.74, 6) is 2.11. The minimum absolute atomic E-state index is 0.102. The van der Waals surface area contributed by atoms with Crippen LogP contribution < -0.4 is 0 Å². The van der Waals surface area contributed by atoms with Crippen LogP contribution in [0.1, 0.15) is 54.9 Å². The van der Waals surface area contributed by atoms with Gasteiger partial charge in [-0.2, -0.15) is 4.98 Å². The second-order valence-corrected chi connectivity index (χ2v) is 7.13. The maximum Gasteiger partial charge on any atom is 0.236 e. The van der Waals surface area contributed by atoms with E-state index in [0.717, 1.165) is 49.5 Å². The van der Waals surface area contributed by atoms with Gasteiger partial charge in [0.1, 0.15) is 0 Å². The van der Waals surface area contributed by atoms with E-state index in [9.17, 15) is 4.79 Å². The van der Waals surface area contributed by atoms with Gasteiger partial charge >= 0.3 is 0 Å². The largest absolute Gasteiger partial charge is 0.340 e. The van der Waals surface area contributed by atoms with E-state index in [0.29, 0.717) is 19.0 Å². The zero-order valence-electron chi connectivity index (χ0n) is 14.6. The summed E-state index contributed by atoms with van der Waals surface area (Å²) >= 11 is 0. The summed E-state index contributed by atoms with van der Waals surface area (Å²) in [5, 5.41) is 4.18. The molecule has 6 heteroatoms. The smallest absolute Gasteiger partial charge is 0.236 e. The molecule has 1 aromatic heterocycles. The van der Waals surface area contributed by atoms with Gasteiger partial charge in [0.2, 0.25) is 11.8 Å². The molecule has 2 aromatic rings. The van der Waals surface area contributed by atoms with Gasteiger partial charge in [-0.3, -0.25) is 9.69 Å². The molecule has 0 N–H and O–H groups in total. The van der Waals surface area contributed by atoms with Crippen LogP contribution in [0.4, 0.5) is 0 Å². The fourth-order valence-corrected chi connectivity index (χ4v) is 3.43. The Balaban J connectivity index is 1.37. The fourth-order valence-electron chi connectivity index (χ4n) is 3.43. The molecule has 0 spiro atoms. The molecule has 1 aliphatic heterocycles. The first-order valence-electron chi connectivity index (χ1n) is 9.06. The Hall–Kier alpha value is -2.21. The van der Waals surface area contributed by atoms with Crippen LogP contribution in [-0.2, 0) is 11.3 Å². The molecule has 1 aliphatic carbocycles. The highest BCUT2D eigenvalue weighted by molar-refractivity contribution is 5.78. The number of likely N-dealkylation sites (tertiary alicyclic amines) is 1. The lowest BCUT2D eigenvalue weighted by atomic mass is 10.2. The third-order valence-electron chi connectivity index (χ3n) is 5.07. The van der Waals surface area contributed by atoms with Crippen molar-refractivity contribution in [3.05, 3.63) is 47.6 Å². The van der Waals surface area contributed by atoms with E-state index >= 15 is 0 Å². The van der Waals surface area contributed by atoms with Gasteiger partial charge in [0.25, 0.3) is 0 Å². The summed E-state index contributed by atoms with van der Waals surface area (Å²) in [5.41, 5.74) is 1.14. The molecule has 0 bridgehead atoms. The normalized spacial score (nSPS) is 20.8. The number of likely N-dealkylation sites (N-methyl/N-ethyl adjacent to an activating group) is 1. The number of carbonyl (C=O) groups excluding carboxylic acids is 1. The number of nitrogens with zero attached hydrogens (tertiary/aromatic N) is 4. The van der Waals surface area contributed by atoms with Crippen LogP contribution in [0.3, 0.4) is 0 Å². The molecule has 4 rings (SSSR count). The van der Waals surface area contributed by atoms with Crippen LogP contribution >= 0.6 is 0 Å². The molecule has 0 unspecified atom stereocenters. The molecule has 132 valence electrons. The topological polar surface area (TPSA) is 62.5 Å². The van der Waals surface area contributed by atoms with Crippen LogP contribution in [0, 0.1) is 0 Å². The highest BCUT2D eigenvalue weighted by atomic mass is 16.5. The van der Waals surface area contributed by atoms with Crippen LogP contribution in [0.15, 0.2) is 34.9 Å². The molecule has 2 fully saturated rings. The lowest BCUT2D eigenvalue weighted by Crippen LogP contribution is -2.38. The highest BCUT2D eigenvalue weighted by Crippen LogP contribution is 2.40. The number of carbonyl (C=O) groups is 1. The third kappa shape index (κ3) is 3.74. The lowest BCUT2D eigenvalue weighted by Gasteiger charge is -2.25. The third-order valence-corrected chi connectivity index (χ3v) is 5.07. The van der Waals surface area contributed by atoms with Crippen molar-refractivity contribution in [3.8, 4) is 0 Å². The number of hydrogen-bond donors (Lipinski definition) is 0. The van der Waals surface area contributed by atoms with E-state index < -0.39 is 0 Å². The molecular weight excluding hydrogens is 316 g/mol. The number of aromatic nitrogens is 2. The molecule has 6 nitrogen and oxygen atoms in total. The number of hydrogen-bond acceptors (Lipinski definition) is 5. The second kappa shape index (κ2) is 6.96. The quantitative estimate of drug-likeness (QED) is 0.809. The van der Waals surface area contributed by atoms with Gasteiger partial charge in [-0.15, -0.1) is 0 Å². The van der Waals surface area contributed by atoms with E-state index in [4.69, 9.17) is 4.52 Å². The molecule has 25 heavy (non-hydrogen) atoms. The van der Waals surface area contributed by atoms with E-state index in [1.165, 1.54) is 0 Å². The predicted octanol–water partition coefficient (Wildman–Crippen LogP) is 2.74. The van der Waals surface area contributed by atoms with Gasteiger partial charge in [0.15, 0.2) is 5.82 Å². The van der Waals surface area contributed by atoms with Crippen LogP contribution in [0.2, 0.25) is 0 Å². The van der Waals surface area contributed by atoms with Gasteiger partial charge in [-0.05, 0) is 37.8 Å². The van der Waals surface area contributed by atoms with Crippen LogP contribution in [0.25, 0.3) is 0 Å². The standard InChI is InChI=1S/C19H24N4O2/c1-22(12-14-6-3-2-4-7-14)17(24)13-23-11-5-8-16(23)18-20-19(25-21-18)15-9-10-15/h2-4,6-7,15-16H,5,8-13H2,1H3/t16-/m0/s1. The van der Waals surface area contributed by atoms with Crippen molar-refractivity contribution >= 4 is 5.91 Å². The molecular formula is C19H24N4O2. The van der Waals surface area contributed by atoms with Crippen LogP contribution in [0.5, 0.6) is 0 Å². The van der Waals surface area contributed by atoms with Gasteiger partial charge in [0.05, 0.1) is 12.6 Å². The fraction of sp³-hybridized carbons (Fsp3) is 0.526. The summed E-state index contributed by atoms with van der Waals surface area (Å²) < 4.78 is 5.40. The van der Waals surface area contributed by atoms with Crippen LogP contribution in [-0.4, -0.2) is 46.0 Å². The summed E-state index contributed by atoms with van der Waals surface area (Å²) in [7, 11) is 1.86. The first-order chi connectivity index (χ1) is 12.2. The SMILES string of the molecule is CN(Cc1ccccc1)C(=O)CN1CCC[C@H]1c1noc(C2CC2)n1. The number of amides is 1. The molecule has 1 saturated heterocycles. The molecule has 2 aliphatic rings. The lowest BCUT2D eigenvalue weighted by molar-refractivity contribution is -0.131. The summed E-state index contributed by atoms with van der Waals surface area (Å²) in [6.07, 6.45) is 4.35. The van der Waals surface area contributed by atoms with Gasteiger partial charge < -0.3 is 9.42 Å². The summed E-state index contributed by atoms with van der Waals surface area (Å²) in [6.45, 7) is 1.94. The molecule has 1 atom stereocenters. The maximum atomic E-state index is 12.6. The average Bonchev–Trinajstić information content (AvgIpc) is 3.17. The number of rotatable bonds is 6. The summed E-state index contributed by atoms with van der Waals surface area (Å²) in [4.78, 5) is 21.2. The van der Waals surface area contributed by atoms with E-state index in [1.54, 1.807) is 4.90 Å². The van der Waals surface area contributed by atoms with Gasteiger partial charge in [-0.25, -0.2) is 0 Å². The Morgan fingerprint density at radius 2 is 2.08 bits per heavy atom. The van der Waals surface area contributed by atoms with E-state index in [-0.39, 0.29) is 11.9 Å². The monoisotopic (exact) mass is 340 g/mol. The van der Waals surface area contributed by atoms with Crippen molar-refractivity contribution in [3.63, 3.8) is 0 Å². The van der Waals surface area contributed by atoms with Crippen molar-refractivity contribution < 1.29 is 9.32 Å². The van der Waals surface area contributed by atoms with Crippen molar-refractivity contribution in [1.82, 2.24) is 19.9 Å². The molecule has 1 amide bonds. The van der Waals surface area contributed by atoms with Gasteiger partial charge in [0, 0.05) is 19.5 Å². The predicted molar refractivity (Wildman–Crippen MR) is 92.7 cm³/mol. The van der Waals surface area contributed by atoms with Crippen molar-refractivity contribution in [2.24, 2.45) is 0 Å². The molecule has 2 heterocycles. The molecule has 1 aromatic carbocycles.